The zero-order valence-electron chi connectivity index (χ0n) is 14.2. The SMILES string of the molecule is Cc1ccc(-n2cnn(CN3C[C@@H](C)O[C@H](C)C3)c2=S)c(C)c1. The smallest absolute Gasteiger partial charge is 0.203 e. The van der Waals surface area contributed by atoms with E-state index in [4.69, 9.17) is 17.0 Å². The maximum absolute atomic E-state index is 5.78. The van der Waals surface area contributed by atoms with Crippen LogP contribution in [-0.2, 0) is 11.4 Å². The molecule has 1 aliphatic rings. The fraction of sp³-hybridized carbons (Fsp3) is 0.529. The second-order valence-corrected chi connectivity index (χ2v) is 6.87. The molecular formula is C17H24N4OS. The van der Waals surface area contributed by atoms with Gasteiger partial charge in [0.15, 0.2) is 0 Å². The van der Waals surface area contributed by atoms with Crippen LogP contribution in [0.5, 0.6) is 0 Å². The van der Waals surface area contributed by atoms with E-state index in [-0.39, 0.29) is 12.2 Å². The predicted octanol–water partition coefficient (Wildman–Crippen LogP) is 3.09. The van der Waals surface area contributed by atoms with Crippen LogP contribution in [0, 0.1) is 18.6 Å². The van der Waals surface area contributed by atoms with Crippen LogP contribution in [0.2, 0.25) is 0 Å². The average Bonchev–Trinajstić information content (AvgIpc) is 2.79. The van der Waals surface area contributed by atoms with Gasteiger partial charge in [0.1, 0.15) is 6.33 Å². The lowest BCUT2D eigenvalue weighted by Gasteiger charge is -2.34. The van der Waals surface area contributed by atoms with Gasteiger partial charge in [-0.15, -0.1) is 0 Å². The van der Waals surface area contributed by atoms with Crippen LogP contribution in [0.25, 0.3) is 5.69 Å². The predicted molar refractivity (Wildman–Crippen MR) is 93.4 cm³/mol. The number of ether oxygens (including phenoxy) is 1. The molecule has 2 aromatic rings. The van der Waals surface area contributed by atoms with E-state index in [2.05, 4.69) is 55.9 Å². The molecule has 2 atom stereocenters. The second kappa shape index (κ2) is 6.55. The number of aromatic nitrogens is 3. The van der Waals surface area contributed by atoms with E-state index in [0.717, 1.165) is 23.5 Å². The van der Waals surface area contributed by atoms with Gasteiger partial charge in [0, 0.05) is 13.1 Å². The van der Waals surface area contributed by atoms with Crippen molar-refractivity contribution in [2.75, 3.05) is 13.1 Å². The van der Waals surface area contributed by atoms with E-state index in [9.17, 15) is 0 Å². The highest BCUT2D eigenvalue weighted by Gasteiger charge is 2.22. The number of morpholine rings is 1. The summed E-state index contributed by atoms with van der Waals surface area (Å²) in [6.07, 6.45) is 2.30. The van der Waals surface area contributed by atoms with Crippen LogP contribution in [0.3, 0.4) is 0 Å². The highest BCUT2D eigenvalue weighted by Crippen LogP contribution is 2.17. The highest BCUT2D eigenvalue weighted by atomic mass is 32.1. The monoisotopic (exact) mass is 332 g/mol. The van der Waals surface area contributed by atoms with Crippen LogP contribution < -0.4 is 0 Å². The Labute approximate surface area is 142 Å². The van der Waals surface area contributed by atoms with E-state index in [1.165, 1.54) is 11.1 Å². The van der Waals surface area contributed by atoms with Crippen molar-refractivity contribution in [2.45, 2.75) is 46.6 Å². The number of hydrogen-bond acceptors (Lipinski definition) is 4. The lowest BCUT2D eigenvalue weighted by Crippen LogP contribution is -2.46. The van der Waals surface area contributed by atoms with Gasteiger partial charge in [-0.2, -0.15) is 5.10 Å². The summed E-state index contributed by atoms with van der Waals surface area (Å²) in [5, 5.41) is 4.49. The Morgan fingerprint density at radius 2 is 1.91 bits per heavy atom. The fourth-order valence-electron chi connectivity index (χ4n) is 3.26. The molecule has 5 nitrogen and oxygen atoms in total. The van der Waals surface area contributed by atoms with Crippen molar-refractivity contribution in [1.29, 1.82) is 0 Å². The normalized spacial score (nSPS) is 22.4. The number of benzene rings is 1. The Kier molecular flexibility index (Phi) is 4.66. The zero-order valence-corrected chi connectivity index (χ0v) is 15.0. The summed E-state index contributed by atoms with van der Waals surface area (Å²) in [6.45, 7) is 10.9. The number of hydrogen-bond donors (Lipinski definition) is 0. The maximum atomic E-state index is 5.78. The molecule has 0 aliphatic carbocycles. The van der Waals surface area contributed by atoms with Gasteiger partial charge in [-0.25, -0.2) is 4.68 Å². The molecule has 0 radical (unpaired) electrons. The van der Waals surface area contributed by atoms with Gasteiger partial charge in [0.05, 0.1) is 24.6 Å². The Morgan fingerprint density at radius 3 is 2.57 bits per heavy atom. The summed E-state index contributed by atoms with van der Waals surface area (Å²) >= 11 is 5.63. The third kappa shape index (κ3) is 3.54. The molecule has 0 saturated carbocycles. The Balaban J connectivity index is 1.83. The van der Waals surface area contributed by atoms with Crippen LogP contribution >= 0.6 is 12.2 Å². The van der Waals surface area contributed by atoms with Crippen molar-refractivity contribution in [3.63, 3.8) is 0 Å². The summed E-state index contributed by atoms with van der Waals surface area (Å²) in [6, 6.07) is 6.37. The zero-order chi connectivity index (χ0) is 16.6. The molecule has 0 amide bonds. The van der Waals surface area contributed by atoms with Crippen molar-refractivity contribution in [1.82, 2.24) is 19.2 Å². The summed E-state index contributed by atoms with van der Waals surface area (Å²) in [4.78, 5) is 2.34. The molecule has 0 spiro atoms. The number of aryl methyl sites for hydroxylation is 2. The van der Waals surface area contributed by atoms with Crippen LogP contribution in [0.15, 0.2) is 24.5 Å². The van der Waals surface area contributed by atoms with Crippen molar-refractivity contribution < 1.29 is 4.74 Å². The minimum Gasteiger partial charge on any atom is -0.373 e. The molecule has 2 heterocycles. The molecule has 1 aromatic carbocycles. The minimum absolute atomic E-state index is 0.245. The molecule has 1 aliphatic heterocycles. The quantitative estimate of drug-likeness (QED) is 0.809. The van der Waals surface area contributed by atoms with E-state index in [1.54, 1.807) is 0 Å². The van der Waals surface area contributed by atoms with E-state index < -0.39 is 0 Å². The van der Waals surface area contributed by atoms with E-state index in [1.807, 2.05) is 15.6 Å². The molecule has 1 aromatic heterocycles. The molecule has 23 heavy (non-hydrogen) atoms. The van der Waals surface area contributed by atoms with Crippen LogP contribution in [0.1, 0.15) is 25.0 Å². The third-order valence-electron chi connectivity index (χ3n) is 4.17. The summed E-state index contributed by atoms with van der Waals surface area (Å²) in [5.74, 6) is 0. The third-order valence-corrected chi connectivity index (χ3v) is 4.58. The molecular weight excluding hydrogens is 308 g/mol. The topological polar surface area (TPSA) is 35.2 Å². The Bertz CT molecular complexity index is 741. The van der Waals surface area contributed by atoms with Gasteiger partial charge in [-0.05, 0) is 51.5 Å². The first-order valence-electron chi connectivity index (χ1n) is 8.04. The molecule has 124 valence electrons. The van der Waals surface area contributed by atoms with E-state index in [0.29, 0.717) is 6.67 Å². The molecule has 0 N–H and O–H groups in total. The molecule has 6 heteroatoms. The molecule has 3 rings (SSSR count). The van der Waals surface area contributed by atoms with Gasteiger partial charge in [0.25, 0.3) is 0 Å². The summed E-state index contributed by atoms with van der Waals surface area (Å²) < 4.78 is 10.4. The Morgan fingerprint density at radius 1 is 1.22 bits per heavy atom. The summed E-state index contributed by atoms with van der Waals surface area (Å²) in [7, 11) is 0. The molecule has 0 unspecified atom stereocenters. The van der Waals surface area contributed by atoms with Crippen LogP contribution in [0.4, 0.5) is 0 Å². The van der Waals surface area contributed by atoms with Crippen molar-refractivity contribution in [2.24, 2.45) is 0 Å². The van der Waals surface area contributed by atoms with Gasteiger partial charge in [0.2, 0.25) is 4.77 Å². The molecule has 0 bridgehead atoms. The van der Waals surface area contributed by atoms with Gasteiger partial charge in [-0.3, -0.25) is 9.47 Å². The fourth-order valence-corrected chi connectivity index (χ4v) is 3.51. The largest absolute Gasteiger partial charge is 0.373 e. The first-order valence-corrected chi connectivity index (χ1v) is 8.45. The van der Waals surface area contributed by atoms with Crippen molar-refractivity contribution in [3.8, 4) is 5.69 Å². The summed E-state index contributed by atoms with van der Waals surface area (Å²) in [5.41, 5.74) is 3.55. The van der Waals surface area contributed by atoms with Gasteiger partial charge >= 0.3 is 0 Å². The first-order chi connectivity index (χ1) is 10.9. The van der Waals surface area contributed by atoms with Crippen molar-refractivity contribution in [3.05, 3.63) is 40.4 Å². The van der Waals surface area contributed by atoms with Crippen molar-refractivity contribution >= 4 is 12.2 Å². The van der Waals surface area contributed by atoms with E-state index >= 15 is 0 Å². The number of nitrogens with zero attached hydrogens (tertiary/aromatic N) is 4. The molecule has 1 saturated heterocycles. The molecule has 1 fully saturated rings. The average molecular weight is 332 g/mol. The number of rotatable bonds is 3. The minimum atomic E-state index is 0.245. The lowest BCUT2D eigenvalue weighted by atomic mass is 10.1. The standard InChI is InChI=1S/C17H24N4OS/c1-12-5-6-16(13(2)7-12)20-10-18-21(17(20)23)11-19-8-14(3)22-15(4)9-19/h5-7,10,14-15H,8-9,11H2,1-4H3/t14-,15-/m1/s1. The highest BCUT2D eigenvalue weighted by molar-refractivity contribution is 7.71. The Hall–Kier alpha value is -1.50. The van der Waals surface area contributed by atoms with Gasteiger partial charge in [-0.1, -0.05) is 17.7 Å². The first kappa shape index (κ1) is 16.4. The second-order valence-electron chi connectivity index (χ2n) is 6.51. The maximum Gasteiger partial charge on any atom is 0.203 e. The van der Waals surface area contributed by atoms with Crippen LogP contribution in [-0.4, -0.2) is 44.5 Å². The van der Waals surface area contributed by atoms with Gasteiger partial charge < -0.3 is 4.74 Å². The lowest BCUT2D eigenvalue weighted by molar-refractivity contribution is -0.0777.